The molecular weight excluding hydrogens is 412 g/mol. The highest BCUT2D eigenvalue weighted by molar-refractivity contribution is 7.89. The third-order valence-electron chi connectivity index (χ3n) is 5.39. The van der Waals surface area contributed by atoms with Gasteiger partial charge in [0.25, 0.3) is 0 Å². The van der Waals surface area contributed by atoms with Crippen molar-refractivity contribution in [2.24, 2.45) is 0 Å². The Balaban J connectivity index is 1.45. The second-order valence-electron chi connectivity index (χ2n) is 7.97. The van der Waals surface area contributed by atoms with Gasteiger partial charge in [0.15, 0.2) is 0 Å². The van der Waals surface area contributed by atoms with E-state index in [9.17, 15) is 13.2 Å². The Bertz CT molecular complexity index is 1180. The molecule has 1 aliphatic rings. The van der Waals surface area contributed by atoms with Crippen LogP contribution in [0.5, 0.6) is 0 Å². The molecule has 7 heteroatoms. The van der Waals surface area contributed by atoms with Crippen molar-refractivity contribution in [1.29, 1.82) is 0 Å². The number of ether oxygens (including phenoxy) is 1. The van der Waals surface area contributed by atoms with Gasteiger partial charge in [-0.15, -0.1) is 0 Å². The largest absolute Gasteiger partial charge is 0.373 e. The first-order chi connectivity index (χ1) is 14.8. The van der Waals surface area contributed by atoms with Gasteiger partial charge in [0, 0.05) is 18.8 Å². The first-order valence-corrected chi connectivity index (χ1v) is 11.8. The first-order valence-electron chi connectivity index (χ1n) is 10.3. The second kappa shape index (κ2) is 8.78. The molecule has 162 valence electrons. The molecule has 4 rings (SSSR count). The van der Waals surface area contributed by atoms with E-state index in [1.54, 1.807) is 12.1 Å². The third kappa shape index (κ3) is 4.79. The van der Waals surface area contributed by atoms with Crippen molar-refractivity contribution in [2.45, 2.75) is 37.4 Å². The summed E-state index contributed by atoms with van der Waals surface area (Å²) in [7, 11) is -3.61. The van der Waals surface area contributed by atoms with Gasteiger partial charge in [-0.25, -0.2) is 8.42 Å². The zero-order chi connectivity index (χ0) is 22.0. The lowest BCUT2D eigenvalue weighted by Crippen LogP contribution is -2.48. The second-order valence-corrected chi connectivity index (χ2v) is 9.90. The number of hydrogen-bond acceptors (Lipinski definition) is 4. The van der Waals surface area contributed by atoms with Crippen LogP contribution in [0.2, 0.25) is 0 Å². The molecule has 2 atom stereocenters. The summed E-state index contributed by atoms with van der Waals surface area (Å²) in [5.74, 6) is -0.150. The van der Waals surface area contributed by atoms with Crippen molar-refractivity contribution < 1.29 is 17.9 Å². The summed E-state index contributed by atoms with van der Waals surface area (Å²) in [5, 5.41) is 5.00. The summed E-state index contributed by atoms with van der Waals surface area (Å²) in [6, 6.07) is 20.2. The average Bonchev–Trinajstić information content (AvgIpc) is 2.74. The maximum absolute atomic E-state index is 13.0. The van der Waals surface area contributed by atoms with E-state index in [2.05, 4.69) is 5.32 Å². The summed E-state index contributed by atoms with van der Waals surface area (Å²) in [6.45, 7) is 4.39. The van der Waals surface area contributed by atoms with E-state index in [1.165, 1.54) is 16.4 Å². The van der Waals surface area contributed by atoms with E-state index in [1.807, 2.05) is 56.3 Å². The Morgan fingerprint density at radius 1 is 0.968 bits per heavy atom. The highest BCUT2D eigenvalue weighted by Gasteiger charge is 2.32. The van der Waals surface area contributed by atoms with Crippen LogP contribution in [0.1, 0.15) is 19.4 Å². The van der Waals surface area contributed by atoms with Crippen LogP contribution in [0, 0.1) is 0 Å². The molecule has 31 heavy (non-hydrogen) atoms. The first kappa shape index (κ1) is 21.5. The van der Waals surface area contributed by atoms with E-state index in [0.717, 1.165) is 16.3 Å². The molecule has 0 aromatic heterocycles. The minimum Gasteiger partial charge on any atom is -0.373 e. The van der Waals surface area contributed by atoms with Gasteiger partial charge in [-0.1, -0.05) is 42.5 Å². The van der Waals surface area contributed by atoms with E-state index in [0.29, 0.717) is 18.8 Å². The van der Waals surface area contributed by atoms with Crippen LogP contribution < -0.4 is 5.32 Å². The highest BCUT2D eigenvalue weighted by atomic mass is 32.2. The van der Waals surface area contributed by atoms with Gasteiger partial charge >= 0.3 is 0 Å². The van der Waals surface area contributed by atoms with Gasteiger partial charge in [0.1, 0.15) is 0 Å². The fraction of sp³-hybridized carbons (Fsp3) is 0.292. The van der Waals surface area contributed by atoms with Crippen LogP contribution in [0.4, 0.5) is 5.69 Å². The normalized spacial score (nSPS) is 19.9. The molecule has 6 nitrogen and oxygen atoms in total. The van der Waals surface area contributed by atoms with Gasteiger partial charge in [-0.3, -0.25) is 4.79 Å². The Morgan fingerprint density at radius 2 is 1.61 bits per heavy atom. The lowest BCUT2D eigenvalue weighted by Gasteiger charge is -2.34. The van der Waals surface area contributed by atoms with Crippen molar-refractivity contribution in [1.82, 2.24) is 4.31 Å². The number of morpholine rings is 1. The summed E-state index contributed by atoms with van der Waals surface area (Å²) >= 11 is 0. The number of sulfonamides is 1. The van der Waals surface area contributed by atoms with Gasteiger partial charge < -0.3 is 10.1 Å². The maximum atomic E-state index is 13.0. The minimum absolute atomic E-state index is 0.147. The number of amides is 1. The van der Waals surface area contributed by atoms with Gasteiger partial charge in [0.2, 0.25) is 15.9 Å². The average molecular weight is 439 g/mol. The van der Waals surface area contributed by atoms with Crippen LogP contribution in [0.3, 0.4) is 0 Å². The molecule has 0 saturated carbocycles. The Labute approximate surface area is 182 Å². The van der Waals surface area contributed by atoms with Crippen molar-refractivity contribution in [3.05, 3.63) is 72.3 Å². The summed E-state index contributed by atoms with van der Waals surface area (Å²) < 4.78 is 33.0. The van der Waals surface area contributed by atoms with Gasteiger partial charge in [0.05, 0.1) is 23.5 Å². The van der Waals surface area contributed by atoms with Gasteiger partial charge in [-0.2, -0.15) is 4.31 Å². The van der Waals surface area contributed by atoms with Crippen LogP contribution in [-0.2, 0) is 26.0 Å². The molecule has 1 N–H and O–H groups in total. The number of rotatable bonds is 5. The molecule has 0 bridgehead atoms. The van der Waals surface area contributed by atoms with Crippen molar-refractivity contribution in [2.75, 3.05) is 18.4 Å². The zero-order valence-corrected chi connectivity index (χ0v) is 18.4. The Kier molecular flexibility index (Phi) is 6.09. The number of carbonyl (C=O) groups excluding carboxylic acids is 1. The lowest BCUT2D eigenvalue weighted by molar-refractivity contribution is -0.115. The molecule has 1 aliphatic heterocycles. The molecule has 3 aromatic carbocycles. The minimum atomic E-state index is -3.61. The number of carbonyl (C=O) groups is 1. The molecular formula is C24H26N2O4S. The molecule has 1 amide bonds. The van der Waals surface area contributed by atoms with E-state index in [4.69, 9.17) is 4.74 Å². The summed E-state index contributed by atoms with van der Waals surface area (Å²) in [6.07, 6.45) is -0.0531. The fourth-order valence-electron chi connectivity index (χ4n) is 4.01. The highest BCUT2D eigenvalue weighted by Crippen LogP contribution is 2.23. The Morgan fingerprint density at radius 3 is 2.32 bits per heavy atom. The molecule has 1 heterocycles. The molecule has 1 saturated heterocycles. The molecule has 0 radical (unpaired) electrons. The Hall–Kier alpha value is -2.74. The number of benzene rings is 3. The third-order valence-corrected chi connectivity index (χ3v) is 7.24. The van der Waals surface area contributed by atoms with Gasteiger partial charge in [-0.05, 0) is 54.4 Å². The van der Waals surface area contributed by atoms with Crippen molar-refractivity contribution in [3.8, 4) is 0 Å². The number of fused-ring (bicyclic) bond motifs is 1. The van der Waals surface area contributed by atoms with E-state index >= 15 is 0 Å². The smallest absolute Gasteiger partial charge is 0.243 e. The topological polar surface area (TPSA) is 75.7 Å². The van der Waals surface area contributed by atoms with E-state index < -0.39 is 10.0 Å². The molecule has 0 spiro atoms. The predicted octanol–water partition coefficient (Wildman–Crippen LogP) is 3.82. The molecule has 1 fully saturated rings. The maximum Gasteiger partial charge on any atom is 0.243 e. The van der Waals surface area contributed by atoms with Crippen LogP contribution in [-0.4, -0.2) is 43.9 Å². The number of nitrogens with one attached hydrogen (secondary N) is 1. The fourth-order valence-corrected chi connectivity index (χ4v) is 5.60. The quantitative estimate of drug-likeness (QED) is 0.657. The SMILES string of the molecule is CC1CN(S(=O)(=O)c2ccc(NC(=O)Cc3cccc4ccccc34)cc2)CC(C)O1. The van der Waals surface area contributed by atoms with Crippen molar-refractivity contribution in [3.63, 3.8) is 0 Å². The van der Waals surface area contributed by atoms with Crippen molar-refractivity contribution >= 4 is 32.4 Å². The standard InChI is InChI=1S/C24H26N2O4S/c1-17-15-26(16-18(2)30-17)31(28,29)22-12-10-21(11-13-22)25-24(27)14-20-8-5-7-19-6-3-4-9-23(19)20/h3-13,17-18H,14-16H2,1-2H3,(H,25,27). The lowest BCUT2D eigenvalue weighted by atomic mass is 10.0. The molecule has 2 unspecified atom stereocenters. The zero-order valence-electron chi connectivity index (χ0n) is 17.6. The van der Waals surface area contributed by atoms with Crippen LogP contribution in [0.15, 0.2) is 71.6 Å². The number of anilines is 1. The summed E-state index contributed by atoms with van der Waals surface area (Å²) in [5.41, 5.74) is 1.51. The van der Waals surface area contributed by atoms with E-state index in [-0.39, 0.29) is 29.4 Å². The summed E-state index contributed by atoms with van der Waals surface area (Å²) in [4.78, 5) is 12.8. The molecule has 0 aliphatic carbocycles. The number of nitrogens with zero attached hydrogens (tertiary/aromatic N) is 1. The van der Waals surface area contributed by atoms with Crippen LogP contribution in [0.25, 0.3) is 10.8 Å². The predicted molar refractivity (Wildman–Crippen MR) is 121 cm³/mol. The number of hydrogen-bond donors (Lipinski definition) is 1. The van der Waals surface area contributed by atoms with Crippen LogP contribution >= 0.6 is 0 Å². The monoisotopic (exact) mass is 438 g/mol. The molecule has 3 aromatic rings.